The van der Waals surface area contributed by atoms with Crippen molar-refractivity contribution in [2.45, 2.75) is 6.04 Å². The summed E-state index contributed by atoms with van der Waals surface area (Å²) < 4.78 is 7.12. The van der Waals surface area contributed by atoms with Crippen molar-refractivity contribution in [2.75, 3.05) is 33.3 Å². The number of carbonyl (C=O) groups is 2. The Bertz CT molecular complexity index is 1580. The van der Waals surface area contributed by atoms with Crippen molar-refractivity contribution in [1.82, 2.24) is 14.2 Å². The predicted octanol–water partition coefficient (Wildman–Crippen LogP) is 5.73. The number of amides is 1. The third-order valence-electron chi connectivity index (χ3n) is 7.69. The van der Waals surface area contributed by atoms with Gasteiger partial charge in [-0.15, -0.1) is 0 Å². The molecular weight excluding hydrogens is 498 g/mol. The lowest BCUT2D eigenvalue weighted by molar-refractivity contribution is -0.128. The van der Waals surface area contributed by atoms with Crippen LogP contribution in [0.1, 0.15) is 27.7 Å². The maximum Gasteiger partial charge on any atom is 0.296 e. The summed E-state index contributed by atoms with van der Waals surface area (Å²) in [4.78, 5) is 31.6. The van der Waals surface area contributed by atoms with Gasteiger partial charge in [-0.1, -0.05) is 78.9 Å². The van der Waals surface area contributed by atoms with Crippen molar-refractivity contribution in [1.29, 1.82) is 0 Å². The summed E-state index contributed by atoms with van der Waals surface area (Å²) in [5.41, 5.74) is 5.28. The molecule has 6 heteroatoms. The molecule has 3 heterocycles. The third kappa shape index (κ3) is 4.90. The fraction of sp³-hybridized carbons (Fsp3) is 0.176. The Labute approximate surface area is 234 Å². The second kappa shape index (κ2) is 11.2. The van der Waals surface area contributed by atoms with Crippen LogP contribution < -0.4 is 4.74 Å². The molecule has 1 saturated heterocycles. The standard InChI is InChI=1S/C34H31N3O3/c1-40-29-17-15-25(16-18-29)30-24-28-14-8-9-19-37(28)32(30)33(38)34(39)36-22-20-35(21-23-36)31(26-10-4-2-5-11-26)27-12-6-3-7-13-27/h2-19,24,31H,20-23H2,1H3. The van der Waals surface area contributed by atoms with Gasteiger partial charge in [0, 0.05) is 43.5 Å². The zero-order valence-corrected chi connectivity index (χ0v) is 22.4. The number of ether oxygens (including phenoxy) is 1. The van der Waals surface area contributed by atoms with Crippen LogP contribution in [0.15, 0.2) is 115 Å². The van der Waals surface area contributed by atoms with Crippen LogP contribution in [-0.4, -0.2) is 59.2 Å². The van der Waals surface area contributed by atoms with Crippen LogP contribution in [0.25, 0.3) is 16.6 Å². The van der Waals surface area contributed by atoms with Crippen LogP contribution in [0.2, 0.25) is 0 Å². The van der Waals surface area contributed by atoms with Gasteiger partial charge in [-0.05, 0) is 47.0 Å². The van der Waals surface area contributed by atoms with E-state index in [1.807, 2.05) is 71.3 Å². The summed E-state index contributed by atoms with van der Waals surface area (Å²) in [5, 5.41) is 0. The number of Topliss-reactive ketones (excluding diaryl/α,β-unsaturated/α-hetero) is 1. The predicted molar refractivity (Wildman–Crippen MR) is 157 cm³/mol. The Morgan fingerprint density at radius 2 is 1.32 bits per heavy atom. The summed E-state index contributed by atoms with van der Waals surface area (Å²) in [6.45, 7) is 2.32. The first-order chi connectivity index (χ1) is 19.6. The van der Waals surface area contributed by atoms with E-state index >= 15 is 0 Å². The highest BCUT2D eigenvalue weighted by atomic mass is 16.5. The summed E-state index contributed by atoms with van der Waals surface area (Å²) in [7, 11) is 1.62. The Balaban J connectivity index is 1.25. The van der Waals surface area contributed by atoms with Gasteiger partial charge in [0.2, 0.25) is 0 Å². The largest absolute Gasteiger partial charge is 0.497 e. The smallest absolute Gasteiger partial charge is 0.296 e. The van der Waals surface area contributed by atoms with Crippen LogP contribution in [0.3, 0.4) is 0 Å². The molecule has 6 nitrogen and oxygen atoms in total. The molecule has 0 unspecified atom stereocenters. The Kier molecular flexibility index (Phi) is 7.17. The van der Waals surface area contributed by atoms with Crippen molar-refractivity contribution in [3.63, 3.8) is 0 Å². The Morgan fingerprint density at radius 3 is 1.93 bits per heavy atom. The molecule has 0 spiro atoms. The summed E-state index contributed by atoms with van der Waals surface area (Å²) in [6.07, 6.45) is 1.84. The van der Waals surface area contributed by atoms with Crippen molar-refractivity contribution >= 4 is 17.2 Å². The molecule has 1 amide bonds. The van der Waals surface area contributed by atoms with E-state index in [-0.39, 0.29) is 6.04 Å². The molecule has 5 aromatic rings. The molecule has 6 rings (SSSR count). The van der Waals surface area contributed by atoms with Crippen LogP contribution in [0, 0.1) is 0 Å². The lowest BCUT2D eigenvalue weighted by atomic mass is 9.96. The topological polar surface area (TPSA) is 54.3 Å². The van der Waals surface area contributed by atoms with Crippen LogP contribution in [-0.2, 0) is 4.79 Å². The Hall–Kier alpha value is -4.68. The molecule has 1 fully saturated rings. The van der Waals surface area contributed by atoms with E-state index in [0.29, 0.717) is 31.9 Å². The molecule has 0 N–H and O–H groups in total. The number of pyridine rings is 1. The first-order valence-electron chi connectivity index (χ1n) is 13.6. The molecule has 0 atom stereocenters. The van der Waals surface area contributed by atoms with Gasteiger partial charge in [-0.25, -0.2) is 0 Å². The number of ketones is 1. The number of carbonyl (C=O) groups excluding carboxylic acids is 2. The van der Waals surface area contributed by atoms with E-state index in [9.17, 15) is 9.59 Å². The lowest BCUT2D eigenvalue weighted by Crippen LogP contribution is -2.51. The summed E-state index contributed by atoms with van der Waals surface area (Å²) in [6, 6.07) is 36.3. The Morgan fingerprint density at radius 1 is 0.725 bits per heavy atom. The monoisotopic (exact) mass is 529 g/mol. The van der Waals surface area contributed by atoms with Crippen molar-refractivity contribution in [3.8, 4) is 16.9 Å². The first kappa shape index (κ1) is 25.6. The minimum absolute atomic E-state index is 0.0894. The normalized spacial score (nSPS) is 14.0. The number of nitrogens with zero attached hydrogens (tertiary/aromatic N) is 3. The molecule has 0 saturated carbocycles. The SMILES string of the molecule is COc1ccc(-c2cc3ccccn3c2C(=O)C(=O)N2CCN(C(c3ccccc3)c3ccccc3)CC2)cc1. The van der Waals surface area contributed by atoms with Gasteiger partial charge in [0.05, 0.1) is 13.2 Å². The van der Waals surface area contributed by atoms with E-state index in [1.54, 1.807) is 12.0 Å². The average Bonchev–Trinajstić information content (AvgIpc) is 3.41. The number of hydrogen-bond donors (Lipinski definition) is 0. The number of fused-ring (bicyclic) bond motifs is 1. The molecule has 0 radical (unpaired) electrons. The van der Waals surface area contributed by atoms with E-state index in [0.717, 1.165) is 22.4 Å². The number of hydrogen-bond acceptors (Lipinski definition) is 4. The number of aromatic nitrogens is 1. The second-order valence-electron chi connectivity index (χ2n) is 10.0. The molecule has 2 aromatic heterocycles. The van der Waals surface area contributed by atoms with Crippen molar-refractivity contribution < 1.29 is 14.3 Å². The van der Waals surface area contributed by atoms with Gasteiger partial charge in [-0.2, -0.15) is 0 Å². The van der Waals surface area contributed by atoms with Crippen LogP contribution >= 0.6 is 0 Å². The fourth-order valence-corrected chi connectivity index (χ4v) is 5.66. The minimum atomic E-state index is -0.492. The summed E-state index contributed by atoms with van der Waals surface area (Å²) >= 11 is 0. The van der Waals surface area contributed by atoms with E-state index in [4.69, 9.17) is 4.74 Å². The quantitative estimate of drug-likeness (QED) is 0.200. The number of benzene rings is 3. The van der Waals surface area contributed by atoms with Gasteiger partial charge >= 0.3 is 0 Å². The van der Waals surface area contributed by atoms with Crippen molar-refractivity contribution in [3.05, 3.63) is 132 Å². The number of rotatable bonds is 7. The molecule has 1 aliphatic rings. The van der Waals surface area contributed by atoms with Gasteiger partial charge in [0.15, 0.2) is 0 Å². The molecule has 0 bridgehead atoms. The molecular formula is C34H31N3O3. The van der Waals surface area contributed by atoms with Crippen LogP contribution in [0.5, 0.6) is 5.75 Å². The molecule has 0 aliphatic carbocycles. The maximum absolute atomic E-state index is 13.8. The maximum atomic E-state index is 13.8. The summed E-state index contributed by atoms with van der Waals surface area (Å²) in [5.74, 6) is -0.221. The van der Waals surface area contributed by atoms with Gasteiger partial charge in [-0.3, -0.25) is 14.5 Å². The second-order valence-corrected chi connectivity index (χ2v) is 10.0. The molecule has 3 aromatic carbocycles. The van der Waals surface area contributed by atoms with E-state index in [1.165, 1.54) is 11.1 Å². The average molecular weight is 530 g/mol. The zero-order valence-electron chi connectivity index (χ0n) is 22.4. The minimum Gasteiger partial charge on any atom is -0.497 e. The fourth-order valence-electron chi connectivity index (χ4n) is 5.66. The zero-order chi connectivity index (χ0) is 27.5. The highest BCUT2D eigenvalue weighted by Gasteiger charge is 2.33. The number of methoxy groups -OCH3 is 1. The van der Waals surface area contributed by atoms with Crippen LogP contribution in [0.4, 0.5) is 0 Å². The van der Waals surface area contributed by atoms with Gasteiger partial charge < -0.3 is 14.0 Å². The molecule has 40 heavy (non-hydrogen) atoms. The van der Waals surface area contributed by atoms with Crippen molar-refractivity contribution in [2.24, 2.45) is 0 Å². The molecule has 1 aliphatic heterocycles. The third-order valence-corrected chi connectivity index (χ3v) is 7.69. The van der Waals surface area contributed by atoms with Gasteiger partial charge in [0.25, 0.3) is 11.7 Å². The first-order valence-corrected chi connectivity index (χ1v) is 13.6. The highest BCUT2D eigenvalue weighted by molar-refractivity contribution is 6.43. The molecule has 200 valence electrons. The van der Waals surface area contributed by atoms with E-state index < -0.39 is 11.7 Å². The lowest BCUT2D eigenvalue weighted by Gasteiger charge is -2.39. The van der Waals surface area contributed by atoms with E-state index in [2.05, 4.69) is 53.4 Å². The van der Waals surface area contributed by atoms with Gasteiger partial charge in [0.1, 0.15) is 11.4 Å². The highest BCUT2D eigenvalue weighted by Crippen LogP contribution is 2.32. The number of piperazine rings is 1.